The molecule has 5 heteroatoms. The van der Waals surface area contributed by atoms with Crippen molar-refractivity contribution in [2.45, 2.75) is 24.8 Å². The Kier molecular flexibility index (Phi) is 2.84. The summed E-state index contributed by atoms with van der Waals surface area (Å²) in [6.45, 7) is 0.745. The SMILES string of the molecule is O=c1cc([C@H]2CCCO2)nc(CCl)[nH]1. The van der Waals surface area contributed by atoms with Gasteiger partial charge in [0.2, 0.25) is 0 Å². The Morgan fingerprint density at radius 1 is 1.71 bits per heavy atom. The van der Waals surface area contributed by atoms with E-state index in [-0.39, 0.29) is 17.5 Å². The van der Waals surface area contributed by atoms with E-state index in [9.17, 15) is 4.79 Å². The van der Waals surface area contributed by atoms with Crippen molar-refractivity contribution in [1.82, 2.24) is 9.97 Å². The molecule has 0 aliphatic carbocycles. The van der Waals surface area contributed by atoms with Crippen molar-refractivity contribution in [1.29, 1.82) is 0 Å². The molecule has 0 bridgehead atoms. The van der Waals surface area contributed by atoms with E-state index in [1.54, 1.807) is 0 Å². The maximum Gasteiger partial charge on any atom is 0.251 e. The van der Waals surface area contributed by atoms with Gasteiger partial charge in [0.15, 0.2) is 0 Å². The van der Waals surface area contributed by atoms with Crippen LogP contribution in [0.25, 0.3) is 0 Å². The van der Waals surface area contributed by atoms with Crippen LogP contribution in [0.4, 0.5) is 0 Å². The molecule has 1 saturated heterocycles. The van der Waals surface area contributed by atoms with Gasteiger partial charge in [-0.1, -0.05) is 0 Å². The highest BCUT2D eigenvalue weighted by Gasteiger charge is 2.19. The number of nitrogens with one attached hydrogen (secondary N) is 1. The standard InChI is InChI=1S/C9H11ClN2O2/c10-5-8-11-6(4-9(13)12-8)7-2-1-3-14-7/h4,7H,1-3,5H2,(H,11,12,13)/t7-/m1/s1. The van der Waals surface area contributed by atoms with Crippen LogP contribution in [-0.2, 0) is 10.6 Å². The normalized spacial score (nSPS) is 21.4. The fourth-order valence-corrected chi connectivity index (χ4v) is 1.69. The van der Waals surface area contributed by atoms with Crippen LogP contribution in [0.2, 0.25) is 0 Å². The van der Waals surface area contributed by atoms with Crippen molar-refractivity contribution in [2.75, 3.05) is 6.61 Å². The number of halogens is 1. The van der Waals surface area contributed by atoms with Gasteiger partial charge in [-0.3, -0.25) is 4.79 Å². The fourth-order valence-electron chi connectivity index (χ4n) is 1.57. The van der Waals surface area contributed by atoms with E-state index < -0.39 is 0 Å². The van der Waals surface area contributed by atoms with Crippen LogP contribution in [0.5, 0.6) is 0 Å². The molecule has 0 amide bonds. The van der Waals surface area contributed by atoms with Gasteiger partial charge in [-0.25, -0.2) is 4.98 Å². The van der Waals surface area contributed by atoms with E-state index in [0.29, 0.717) is 11.5 Å². The molecule has 0 aromatic carbocycles. The van der Waals surface area contributed by atoms with Gasteiger partial charge in [-0.15, -0.1) is 11.6 Å². The Balaban J connectivity index is 2.32. The van der Waals surface area contributed by atoms with Crippen molar-refractivity contribution < 1.29 is 4.74 Å². The zero-order valence-electron chi connectivity index (χ0n) is 7.62. The van der Waals surface area contributed by atoms with Gasteiger partial charge < -0.3 is 9.72 Å². The topological polar surface area (TPSA) is 55.0 Å². The van der Waals surface area contributed by atoms with Crippen molar-refractivity contribution in [3.8, 4) is 0 Å². The molecule has 0 saturated carbocycles. The van der Waals surface area contributed by atoms with Crippen LogP contribution < -0.4 is 5.56 Å². The smallest absolute Gasteiger partial charge is 0.251 e. The van der Waals surface area contributed by atoms with Crippen LogP contribution in [-0.4, -0.2) is 16.6 Å². The highest BCUT2D eigenvalue weighted by atomic mass is 35.5. The summed E-state index contributed by atoms with van der Waals surface area (Å²) in [4.78, 5) is 18.0. The molecular formula is C9H11ClN2O2. The van der Waals surface area contributed by atoms with Crippen LogP contribution in [0.3, 0.4) is 0 Å². The Morgan fingerprint density at radius 2 is 2.57 bits per heavy atom. The van der Waals surface area contributed by atoms with E-state index in [2.05, 4.69) is 9.97 Å². The third-order valence-electron chi connectivity index (χ3n) is 2.20. The minimum Gasteiger partial charge on any atom is -0.372 e. The van der Waals surface area contributed by atoms with Crippen LogP contribution >= 0.6 is 11.6 Å². The molecule has 4 nitrogen and oxygen atoms in total. The zero-order chi connectivity index (χ0) is 9.97. The molecule has 1 aromatic rings. The Labute approximate surface area is 86.3 Å². The Bertz CT molecular complexity index is 371. The van der Waals surface area contributed by atoms with Crippen molar-refractivity contribution in [3.63, 3.8) is 0 Å². The molecule has 2 heterocycles. The first-order valence-electron chi connectivity index (χ1n) is 4.57. The summed E-state index contributed by atoms with van der Waals surface area (Å²) in [7, 11) is 0. The number of rotatable bonds is 2. The van der Waals surface area contributed by atoms with Crippen LogP contribution in [0.15, 0.2) is 10.9 Å². The number of alkyl halides is 1. The lowest BCUT2D eigenvalue weighted by Gasteiger charge is -2.08. The van der Waals surface area contributed by atoms with Gasteiger partial charge in [-0.05, 0) is 12.8 Å². The molecule has 0 spiro atoms. The third-order valence-corrected chi connectivity index (χ3v) is 2.45. The molecule has 1 fully saturated rings. The van der Waals surface area contributed by atoms with Crippen molar-refractivity contribution in [3.05, 3.63) is 27.9 Å². The lowest BCUT2D eigenvalue weighted by atomic mass is 10.2. The molecule has 1 atom stereocenters. The number of nitrogens with zero attached hydrogens (tertiary/aromatic N) is 1. The second kappa shape index (κ2) is 4.11. The minimum atomic E-state index is -0.166. The second-order valence-electron chi connectivity index (χ2n) is 3.25. The Morgan fingerprint density at radius 3 is 3.21 bits per heavy atom. The number of aromatic nitrogens is 2. The van der Waals surface area contributed by atoms with E-state index in [1.165, 1.54) is 6.07 Å². The maximum atomic E-state index is 11.2. The molecule has 1 aromatic heterocycles. The lowest BCUT2D eigenvalue weighted by Crippen LogP contribution is -2.14. The van der Waals surface area contributed by atoms with Gasteiger partial charge in [0.25, 0.3) is 5.56 Å². The second-order valence-corrected chi connectivity index (χ2v) is 3.52. The fraction of sp³-hybridized carbons (Fsp3) is 0.556. The maximum absolute atomic E-state index is 11.2. The number of ether oxygens (including phenoxy) is 1. The molecule has 1 aliphatic rings. The average molecular weight is 215 g/mol. The quantitative estimate of drug-likeness (QED) is 0.757. The van der Waals surface area contributed by atoms with Gasteiger partial charge in [0, 0.05) is 12.7 Å². The van der Waals surface area contributed by atoms with Crippen molar-refractivity contribution in [2.24, 2.45) is 0 Å². The van der Waals surface area contributed by atoms with Crippen LogP contribution in [0, 0.1) is 0 Å². The monoisotopic (exact) mass is 214 g/mol. The van der Waals surface area contributed by atoms with Gasteiger partial charge in [-0.2, -0.15) is 0 Å². The summed E-state index contributed by atoms with van der Waals surface area (Å²) in [6.07, 6.45) is 1.92. The average Bonchev–Trinajstić information content (AvgIpc) is 2.69. The summed E-state index contributed by atoms with van der Waals surface area (Å²) in [5, 5.41) is 0. The third kappa shape index (κ3) is 1.96. The number of aromatic amines is 1. The molecule has 76 valence electrons. The predicted octanol–water partition coefficient (Wildman–Crippen LogP) is 1.36. The van der Waals surface area contributed by atoms with E-state index >= 15 is 0 Å². The largest absolute Gasteiger partial charge is 0.372 e. The number of hydrogen-bond donors (Lipinski definition) is 1. The Hall–Kier alpha value is -0.870. The molecule has 1 N–H and O–H groups in total. The first-order valence-corrected chi connectivity index (χ1v) is 5.11. The van der Waals surface area contributed by atoms with Crippen molar-refractivity contribution >= 4 is 11.6 Å². The molecule has 14 heavy (non-hydrogen) atoms. The highest BCUT2D eigenvalue weighted by molar-refractivity contribution is 6.16. The summed E-state index contributed by atoms with van der Waals surface area (Å²) < 4.78 is 5.44. The summed E-state index contributed by atoms with van der Waals surface area (Å²) in [5.41, 5.74) is 0.531. The van der Waals surface area contributed by atoms with E-state index in [0.717, 1.165) is 19.4 Å². The summed E-state index contributed by atoms with van der Waals surface area (Å²) >= 11 is 5.60. The van der Waals surface area contributed by atoms with Gasteiger partial charge in [0.1, 0.15) is 5.82 Å². The predicted molar refractivity (Wildman–Crippen MR) is 52.3 cm³/mol. The van der Waals surface area contributed by atoms with Gasteiger partial charge >= 0.3 is 0 Å². The van der Waals surface area contributed by atoms with E-state index in [1.807, 2.05) is 0 Å². The molecule has 1 aliphatic heterocycles. The first-order chi connectivity index (χ1) is 6.79. The highest BCUT2D eigenvalue weighted by Crippen LogP contribution is 2.26. The molecular weight excluding hydrogens is 204 g/mol. The molecule has 0 radical (unpaired) electrons. The number of H-pyrrole nitrogens is 1. The molecule has 2 rings (SSSR count). The minimum absolute atomic E-state index is 0.0285. The zero-order valence-corrected chi connectivity index (χ0v) is 8.38. The van der Waals surface area contributed by atoms with Gasteiger partial charge in [0.05, 0.1) is 17.7 Å². The molecule has 0 unspecified atom stereocenters. The summed E-state index contributed by atoms with van der Waals surface area (Å²) in [5.74, 6) is 0.722. The number of hydrogen-bond acceptors (Lipinski definition) is 3. The summed E-state index contributed by atoms with van der Waals surface area (Å²) in [6, 6.07) is 1.48. The van der Waals surface area contributed by atoms with Crippen LogP contribution in [0.1, 0.15) is 30.5 Å². The lowest BCUT2D eigenvalue weighted by molar-refractivity contribution is 0.108. The van der Waals surface area contributed by atoms with E-state index in [4.69, 9.17) is 16.3 Å². The first kappa shape index (κ1) is 9.68.